The first-order valence-electron chi connectivity index (χ1n) is 9.40. The van der Waals surface area contributed by atoms with Gasteiger partial charge in [-0.3, -0.25) is 14.6 Å². The zero-order chi connectivity index (χ0) is 19.7. The number of nitrogens with zero attached hydrogens (tertiary/aromatic N) is 2. The highest BCUT2D eigenvalue weighted by atomic mass is 16.2. The Morgan fingerprint density at radius 2 is 1.39 bits per heavy atom. The summed E-state index contributed by atoms with van der Waals surface area (Å²) in [6.45, 7) is 4.05. The van der Waals surface area contributed by atoms with E-state index < -0.39 is 6.04 Å². The molecule has 1 unspecified atom stereocenters. The van der Waals surface area contributed by atoms with Crippen molar-refractivity contribution < 1.29 is 9.59 Å². The maximum atomic E-state index is 12.9. The lowest BCUT2D eigenvalue weighted by molar-refractivity contribution is -0.127. The van der Waals surface area contributed by atoms with Crippen LogP contribution < -0.4 is 4.90 Å². The number of benzene rings is 3. The Morgan fingerprint density at radius 1 is 0.786 bits per heavy atom. The van der Waals surface area contributed by atoms with Crippen LogP contribution >= 0.6 is 0 Å². The lowest BCUT2D eigenvalue weighted by Crippen LogP contribution is -2.33. The number of rotatable bonds is 4. The largest absolute Gasteiger partial charge is 0.332 e. The van der Waals surface area contributed by atoms with Crippen molar-refractivity contribution in [3.05, 3.63) is 90.0 Å². The molecule has 3 amide bonds. The average molecular weight is 370 g/mol. The maximum Gasteiger partial charge on any atom is 0.332 e. The number of amides is 3. The first-order valence-corrected chi connectivity index (χ1v) is 9.40. The van der Waals surface area contributed by atoms with Crippen molar-refractivity contribution >= 4 is 17.6 Å². The van der Waals surface area contributed by atoms with E-state index in [0.717, 1.165) is 27.9 Å². The van der Waals surface area contributed by atoms with E-state index in [1.165, 1.54) is 4.90 Å². The smallest absolute Gasteiger partial charge is 0.282 e. The van der Waals surface area contributed by atoms with Gasteiger partial charge in [0.25, 0.3) is 5.91 Å². The Hall–Kier alpha value is -3.40. The van der Waals surface area contributed by atoms with Gasteiger partial charge in [-0.1, -0.05) is 72.3 Å². The molecule has 1 aliphatic heterocycles. The molecule has 0 radical (unpaired) electrons. The lowest BCUT2D eigenvalue weighted by atomic mass is 10.0. The van der Waals surface area contributed by atoms with Crippen LogP contribution in [0.15, 0.2) is 78.9 Å². The first-order chi connectivity index (χ1) is 13.5. The molecule has 1 aliphatic rings. The molecule has 28 heavy (non-hydrogen) atoms. The number of imide groups is 1. The van der Waals surface area contributed by atoms with Crippen LogP contribution in [-0.4, -0.2) is 22.9 Å². The van der Waals surface area contributed by atoms with Gasteiger partial charge in [-0.25, -0.2) is 4.79 Å². The Labute approximate surface area is 165 Å². The van der Waals surface area contributed by atoms with Gasteiger partial charge in [0.1, 0.15) is 6.04 Å². The van der Waals surface area contributed by atoms with Gasteiger partial charge in [0.15, 0.2) is 0 Å². The molecule has 3 aromatic carbocycles. The predicted octanol–water partition coefficient (Wildman–Crippen LogP) is 5.02. The molecule has 1 atom stereocenters. The van der Waals surface area contributed by atoms with Crippen LogP contribution in [0.4, 0.5) is 10.5 Å². The Morgan fingerprint density at radius 3 is 2.04 bits per heavy atom. The standard InChI is InChI=1S/C24H22N2O2/c1-17-8-14-22(15-9-17)26-18(2)23(27)25(24(26)28)16-19-10-12-21(13-11-19)20-6-4-3-5-7-20/h3-15,18H,16H2,1-2H3. The van der Waals surface area contributed by atoms with Crippen LogP contribution in [0.2, 0.25) is 0 Å². The maximum absolute atomic E-state index is 12.9. The predicted molar refractivity (Wildman–Crippen MR) is 111 cm³/mol. The molecule has 1 saturated heterocycles. The van der Waals surface area contributed by atoms with E-state index in [0.29, 0.717) is 0 Å². The first kappa shape index (κ1) is 18.0. The molecule has 0 aromatic heterocycles. The molecule has 0 spiro atoms. The van der Waals surface area contributed by atoms with Crippen LogP contribution in [-0.2, 0) is 11.3 Å². The molecule has 4 nitrogen and oxygen atoms in total. The highest BCUT2D eigenvalue weighted by molar-refractivity contribution is 6.13. The lowest BCUT2D eigenvalue weighted by Gasteiger charge is -2.19. The van der Waals surface area contributed by atoms with E-state index in [1.54, 1.807) is 11.8 Å². The van der Waals surface area contributed by atoms with Gasteiger partial charge in [-0.05, 0) is 42.7 Å². The molecule has 0 aliphatic carbocycles. The second-order valence-corrected chi connectivity index (χ2v) is 7.15. The van der Waals surface area contributed by atoms with Gasteiger partial charge in [0, 0.05) is 5.69 Å². The van der Waals surface area contributed by atoms with Gasteiger partial charge < -0.3 is 0 Å². The number of carbonyl (C=O) groups excluding carboxylic acids is 2. The van der Waals surface area contributed by atoms with Gasteiger partial charge >= 0.3 is 6.03 Å². The summed E-state index contributed by atoms with van der Waals surface area (Å²) in [4.78, 5) is 28.6. The van der Waals surface area contributed by atoms with Crippen LogP contribution in [0, 0.1) is 6.92 Å². The van der Waals surface area contributed by atoms with Crippen molar-refractivity contribution in [3.63, 3.8) is 0 Å². The quantitative estimate of drug-likeness (QED) is 0.605. The molecular weight excluding hydrogens is 348 g/mol. The molecule has 140 valence electrons. The molecule has 1 heterocycles. The zero-order valence-corrected chi connectivity index (χ0v) is 16.0. The van der Waals surface area contributed by atoms with E-state index in [-0.39, 0.29) is 18.5 Å². The number of anilines is 1. The third-order valence-electron chi connectivity index (χ3n) is 5.16. The van der Waals surface area contributed by atoms with Crippen LogP contribution in [0.25, 0.3) is 11.1 Å². The fourth-order valence-corrected chi connectivity index (χ4v) is 3.53. The van der Waals surface area contributed by atoms with Crippen LogP contribution in [0.3, 0.4) is 0 Å². The average Bonchev–Trinajstić information content (AvgIpc) is 2.93. The molecular formula is C24H22N2O2. The van der Waals surface area contributed by atoms with Crippen molar-refractivity contribution in [1.29, 1.82) is 0 Å². The minimum absolute atomic E-state index is 0.169. The molecule has 0 bridgehead atoms. The van der Waals surface area contributed by atoms with Crippen LogP contribution in [0.1, 0.15) is 18.1 Å². The second kappa shape index (κ2) is 7.31. The summed E-state index contributed by atoms with van der Waals surface area (Å²) in [5.74, 6) is -0.169. The van der Waals surface area contributed by atoms with Gasteiger partial charge in [0.05, 0.1) is 6.54 Å². The molecule has 0 saturated carbocycles. The molecule has 4 rings (SSSR count). The van der Waals surface area contributed by atoms with Gasteiger partial charge in [-0.15, -0.1) is 0 Å². The summed E-state index contributed by atoms with van der Waals surface area (Å²) in [5.41, 5.74) is 5.04. The summed E-state index contributed by atoms with van der Waals surface area (Å²) in [7, 11) is 0. The highest BCUT2D eigenvalue weighted by Crippen LogP contribution is 2.28. The van der Waals surface area contributed by atoms with E-state index in [9.17, 15) is 9.59 Å². The van der Waals surface area contributed by atoms with Gasteiger partial charge in [0.2, 0.25) is 0 Å². The minimum Gasteiger partial charge on any atom is -0.282 e. The van der Waals surface area contributed by atoms with E-state index in [1.807, 2.05) is 73.7 Å². The molecule has 0 N–H and O–H groups in total. The Bertz CT molecular complexity index is 995. The third-order valence-corrected chi connectivity index (χ3v) is 5.16. The van der Waals surface area contributed by atoms with Crippen molar-refractivity contribution in [2.24, 2.45) is 0 Å². The second-order valence-electron chi connectivity index (χ2n) is 7.15. The highest BCUT2D eigenvalue weighted by Gasteiger charge is 2.43. The van der Waals surface area contributed by atoms with Crippen molar-refractivity contribution in [1.82, 2.24) is 4.90 Å². The van der Waals surface area contributed by atoms with E-state index in [2.05, 4.69) is 12.1 Å². The van der Waals surface area contributed by atoms with E-state index in [4.69, 9.17) is 0 Å². The topological polar surface area (TPSA) is 40.6 Å². The summed E-state index contributed by atoms with van der Waals surface area (Å²) in [6, 6.07) is 25.0. The summed E-state index contributed by atoms with van der Waals surface area (Å²) >= 11 is 0. The molecule has 4 heteroatoms. The fourth-order valence-electron chi connectivity index (χ4n) is 3.53. The summed E-state index contributed by atoms with van der Waals surface area (Å²) in [5, 5.41) is 0. The number of hydrogen-bond donors (Lipinski definition) is 0. The monoisotopic (exact) mass is 370 g/mol. The number of carbonyl (C=O) groups is 2. The molecule has 1 fully saturated rings. The van der Waals surface area contributed by atoms with Crippen molar-refractivity contribution in [3.8, 4) is 11.1 Å². The van der Waals surface area contributed by atoms with E-state index >= 15 is 0 Å². The number of hydrogen-bond acceptors (Lipinski definition) is 2. The third kappa shape index (κ3) is 3.29. The summed E-state index contributed by atoms with van der Waals surface area (Å²) in [6.07, 6.45) is 0. The minimum atomic E-state index is -0.501. The normalized spacial score (nSPS) is 16.7. The van der Waals surface area contributed by atoms with Gasteiger partial charge in [-0.2, -0.15) is 0 Å². The molecule has 3 aromatic rings. The van der Waals surface area contributed by atoms with Crippen LogP contribution in [0.5, 0.6) is 0 Å². The number of aryl methyl sites for hydroxylation is 1. The van der Waals surface area contributed by atoms with Crippen molar-refractivity contribution in [2.45, 2.75) is 26.4 Å². The number of urea groups is 1. The SMILES string of the molecule is Cc1ccc(N2C(=O)N(Cc3ccc(-c4ccccc4)cc3)C(=O)C2C)cc1. The Balaban J connectivity index is 1.54. The Kier molecular flexibility index (Phi) is 4.70. The fraction of sp³-hybridized carbons (Fsp3) is 0.167. The van der Waals surface area contributed by atoms with Crippen molar-refractivity contribution in [2.75, 3.05) is 4.90 Å². The summed E-state index contributed by atoms with van der Waals surface area (Å²) < 4.78 is 0. The zero-order valence-electron chi connectivity index (χ0n) is 16.0.